The van der Waals surface area contributed by atoms with E-state index < -0.39 is 66.2 Å². The molecule has 0 radical (unpaired) electrons. The van der Waals surface area contributed by atoms with Gasteiger partial charge in [-0.2, -0.15) is 11.8 Å². The molecule has 1 aromatic rings. The van der Waals surface area contributed by atoms with Crippen molar-refractivity contribution in [1.29, 1.82) is 0 Å². The van der Waals surface area contributed by atoms with Gasteiger partial charge in [-0.1, -0.05) is 0 Å². The zero-order valence-corrected chi connectivity index (χ0v) is 21.1. The van der Waals surface area contributed by atoms with Crippen molar-refractivity contribution in [3.63, 3.8) is 0 Å². The number of hydrogen-bond acceptors (Lipinski definition) is 9. The van der Waals surface area contributed by atoms with E-state index in [-0.39, 0.29) is 32.1 Å². The monoisotopic (exact) mass is 543 g/mol. The van der Waals surface area contributed by atoms with E-state index in [0.717, 1.165) is 0 Å². The Hall–Kier alpha value is -3.66. The van der Waals surface area contributed by atoms with Crippen molar-refractivity contribution in [2.45, 2.75) is 62.7 Å². The third-order valence-electron chi connectivity index (χ3n) is 5.16. The molecule has 16 heteroatoms. The summed E-state index contributed by atoms with van der Waals surface area (Å²) in [4.78, 5) is 78.5. The van der Waals surface area contributed by atoms with E-state index in [1.165, 1.54) is 24.3 Å². The minimum atomic E-state index is -1.40. The number of nitrogens with zero attached hydrogens (tertiary/aromatic N) is 1. The van der Waals surface area contributed by atoms with Crippen LogP contribution in [-0.4, -0.2) is 91.9 Å². The summed E-state index contributed by atoms with van der Waals surface area (Å²) in [6.07, 6.45) is 3.56. The summed E-state index contributed by atoms with van der Waals surface area (Å²) in [6, 6.07) is -5.01. The van der Waals surface area contributed by atoms with Crippen LogP contribution in [0.1, 0.15) is 37.8 Å². The van der Waals surface area contributed by atoms with Crippen molar-refractivity contribution in [1.82, 2.24) is 25.9 Å². The number of nitrogens with two attached hydrogens (primary N) is 2. The zero-order valence-electron chi connectivity index (χ0n) is 20.3. The first-order valence-corrected chi connectivity index (χ1v) is 12.7. The van der Waals surface area contributed by atoms with Crippen molar-refractivity contribution >= 4 is 47.3 Å². The summed E-state index contributed by atoms with van der Waals surface area (Å²) in [5.74, 6) is -5.16. The first-order chi connectivity index (χ1) is 17.4. The molecule has 0 aromatic carbocycles. The first-order valence-electron chi connectivity index (χ1n) is 11.3. The second-order valence-electron chi connectivity index (χ2n) is 8.13. The number of nitrogens with one attached hydrogen (secondary N) is 4. The molecule has 4 atom stereocenters. The highest BCUT2D eigenvalue weighted by Gasteiger charge is 2.30. The summed E-state index contributed by atoms with van der Waals surface area (Å²) in [6.45, 7) is 0. The van der Waals surface area contributed by atoms with Gasteiger partial charge in [-0.15, -0.1) is 0 Å². The summed E-state index contributed by atoms with van der Waals surface area (Å²) in [7, 11) is 0. The number of carboxylic acid groups (broad SMARTS) is 2. The Labute approximate surface area is 216 Å². The maximum absolute atomic E-state index is 13.0. The lowest BCUT2D eigenvalue weighted by atomic mass is 10.1. The van der Waals surface area contributed by atoms with Crippen LogP contribution >= 0.6 is 11.8 Å². The van der Waals surface area contributed by atoms with Crippen LogP contribution in [0.15, 0.2) is 12.5 Å². The van der Waals surface area contributed by atoms with Crippen molar-refractivity contribution < 1.29 is 39.0 Å². The van der Waals surface area contributed by atoms with E-state index in [2.05, 4.69) is 25.9 Å². The lowest BCUT2D eigenvalue weighted by molar-refractivity contribution is -0.143. The molecule has 4 amide bonds. The van der Waals surface area contributed by atoms with Gasteiger partial charge in [-0.25, -0.2) is 9.78 Å². The molecule has 0 aliphatic rings. The van der Waals surface area contributed by atoms with E-state index in [9.17, 15) is 33.9 Å². The van der Waals surface area contributed by atoms with Crippen LogP contribution in [0.2, 0.25) is 0 Å². The maximum Gasteiger partial charge on any atom is 0.326 e. The number of H-pyrrole nitrogens is 1. The second-order valence-corrected chi connectivity index (χ2v) is 9.11. The van der Waals surface area contributed by atoms with Gasteiger partial charge >= 0.3 is 11.9 Å². The van der Waals surface area contributed by atoms with Crippen LogP contribution in [-0.2, 0) is 35.2 Å². The molecule has 0 fully saturated rings. The van der Waals surface area contributed by atoms with E-state index in [1.54, 1.807) is 6.26 Å². The Kier molecular flexibility index (Phi) is 13.7. The molecular weight excluding hydrogens is 510 g/mol. The number of carbonyl (C=O) groups excluding carboxylic acids is 4. The molecule has 37 heavy (non-hydrogen) atoms. The molecule has 0 saturated carbocycles. The largest absolute Gasteiger partial charge is 0.481 e. The normalized spacial score (nSPS) is 14.0. The number of aromatic nitrogens is 2. The Bertz CT molecular complexity index is 943. The number of rotatable bonds is 18. The number of carboxylic acids is 2. The van der Waals surface area contributed by atoms with Gasteiger partial charge in [0, 0.05) is 31.2 Å². The van der Waals surface area contributed by atoms with E-state index in [4.69, 9.17) is 16.6 Å². The van der Waals surface area contributed by atoms with E-state index in [1.807, 2.05) is 0 Å². The van der Waals surface area contributed by atoms with Crippen molar-refractivity contribution in [2.75, 3.05) is 12.0 Å². The fourth-order valence-electron chi connectivity index (χ4n) is 3.11. The first kappa shape index (κ1) is 31.4. The van der Waals surface area contributed by atoms with Gasteiger partial charge in [-0.3, -0.25) is 24.0 Å². The molecule has 1 heterocycles. The van der Waals surface area contributed by atoms with E-state index >= 15 is 0 Å². The van der Waals surface area contributed by atoms with Gasteiger partial charge in [0.2, 0.25) is 23.6 Å². The highest BCUT2D eigenvalue weighted by Crippen LogP contribution is 2.07. The topological polar surface area (TPSA) is 260 Å². The maximum atomic E-state index is 13.0. The molecule has 0 bridgehead atoms. The van der Waals surface area contributed by atoms with Gasteiger partial charge in [0.15, 0.2) is 0 Å². The molecule has 0 spiro atoms. The van der Waals surface area contributed by atoms with Gasteiger partial charge in [0.25, 0.3) is 0 Å². The van der Waals surface area contributed by atoms with Crippen LogP contribution < -0.4 is 27.4 Å². The Morgan fingerprint density at radius 1 is 0.946 bits per heavy atom. The predicted molar refractivity (Wildman–Crippen MR) is 132 cm³/mol. The predicted octanol–water partition coefficient (Wildman–Crippen LogP) is -2.30. The average molecular weight is 544 g/mol. The number of hydrogen-bond donors (Lipinski definition) is 8. The fourth-order valence-corrected chi connectivity index (χ4v) is 3.58. The SMILES string of the molecule is CSCCC(NC(=O)C(N)CCC(N)=O)C(=O)NC(CCC(=O)O)C(=O)NC(Cc1cnc[nH]1)C(=O)O. The summed E-state index contributed by atoms with van der Waals surface area (Å²) >= 11 is 1.40. The average Bonchev–Trinajstić information content (AvgIpc) is 3.34. The molecule has 15 nitrogen and oxygen atoms in total. The lowest BCUT2D eigenvalue weighted by Gasteiger charge is -2.25. The smallest absolute Gasteiger partial charge is 0.326 e. The molecule has 0 saturated heterocycles. The number of carbonyl (C=O) groups is 6. The van der Waals surface area contributed by atoms with E-state index in [0.29, 0.717) is 11.4 Å². The second kappa shape index (κ2) is 16.2. The molecule has 0 aliphatic carbocycles. The van der Waals surface area contributed by atoms with Crippen LogP contribution in [0.25, 0.3) is 0 Å². The summed E-state index contributed by atoms with van der Waals surface area (Å²) in [5, 5.41) is 25.7. The Morgan fingerprint density at radius 2 is 1.54 bits per heavy atom. The highest BCUT2D eigenvalue weighted by molar-refractivity contribution is 7.98. The third kappa shape index (κ3) is 12.2. The zero-order chi connectivity index (χ0) is 28.0. The lowest BCUT2D eigenvalue weighted by Crippen LogP contribution is -2.57. The molecule has 1 aromatic heterocycles. The molecule has 4 unspecified atom stereocenters. The fraction of sp³-hybridized carbons (Fsp3) is 0.571. The van der Waals surface area contributed by atoms with Crippen molar-refractivity contribution in [3.05, 3.63) is 18.2 Å². The number of aromatic amines is 1. The van der Waals surface area contributed by atoms with Gasteiger partial charge < -0.3 is 42.6 Å². The minimum absolute atomic E-state index is 0.0332. The molecule has 1 rings (SSSR count). The van der Waals surface area contributed by atoms with Crippen LogP contribution in [0.4, 0.5) is 0 Å². The molecular formula is C21H33N7O8S. The number of aliphatic carboxylic acids is 2. The highest BCUT2D eigenvalue weighted by atomic mass is 32.2. The third-order valence-corrected chi connectivity index (χ3v) is 5.80. The molecule has 0 aliphatic heterocycles. The molecule has 206 valence electrons. The Balaban J connectivity index is 2.97. The van der Waals surface area contributed by atoms with Gasteiger partial charge in [0.1, 0.15) is 18.1 Å². The van der Waals surface area contributed by atoms with Crippen LogP contribution in [0.5, 0.6) is 0 Å². The van der Waals surface area contributed by atoms with Crippen molar-refractivity contribution in [3.8, 4) is 0 Å². The number of imidazole rings is 1. The van der Waals surface area contributed by atoms with Gasteiger partial charge in [0.05, 0.1) is 12.4 Å². The van der Waals surface area contributed by atoms with Crippen LogP contribution in [0, 0.1) is 0 Å². The standard InChI is InChI=1S/C21H33N7O8S/c1-37-7-6-14(26-18(32)12(22)2-4-16(23)29)20(34)27-13(3-5-17(30)31)19(33)28-15(21(35)36)8-11-9-24-10-25-11/h9-10,12-15H,2-8,22H2,1H3,(H2,23,29)(H,24,25)(H,26,32)(H,27,34)(H,28,33)(H,30,31)(H,35,36). The number of thioether (sulfide) groups is 1. The quantitative estimate of drug-likeness (QED) is 0.0976. The minimum Gasteiger partial charge on any atom is -0.481 e. The number of primary amides is 1. The van der Waals surface area contributed by atoms with Crippen LogP contribution in [0.3, 0.4) is 0 Å². The summed E-state index contributed by atoms with van der Waals surface area (Å²) < 4.78 is 0. The van der Waals surface area contributed by atoms with Crippen molar-refractivity contribution in [2.24, 2.45) is 11.5 Å². The Morgan fingerprint density at radius 3 is 2.05 bits per heavy atom. The number of amides is 4. The molecule has 10 N–H and O–H groups in total. The summed E-state index contributed by atoms with van der Waals surface area (Å²) in [5.41, 5.74) is 11.3. The van der Waals surface area contributed by atoms with Gasteiger partial charge in [-0.05, 0) is 31.3 Å².